The highest BCUT2D eigenvalue weighted by Crippen LogP contribution is 2.46. The van der Waals surface area contributed by atoms with Crippen LogP contribution < -0.4 is 20.7 Å². The van der Waals surface area contributed by atoms with Gasteiger partial charge in [-0.25, -0.2) is 8.78 Å². The van der Waals surface area contributed by atoms with Crippen molar-refractivity contribution in [3.8, 4) is 17.9 Å². The van der Waals surface area contributed by atoms with E-state index < -0.39 is 52.2 Å². The van der Waals surface area contributed by atoms with Gasteiger partial charge in [0.25, 0.3) is 0 Å². The Labute approximate surface area is 258 Å². The van der Waals surface area contributed by atoms with E-state index in [4.69, 9.17) is 20.2 Å². The largest absolute Gasteiger partial charge is 0.461 e. The minimum atomic E-state index is -4.91. The fourth-order valence-corrected chi connectivity index (χ4v) is 7.90. The molecule has 2 bridgehead atoms. The second-order valence-electron chi connectivity index (χ2n) is 12.9. The monoisotopic (exact) mass is 630 g/mol. The number of nitrogen functional groups attached to an aromatic ring is 1. The number of nitrogens with zero attached hydrogens (tertiary/aromatic N) is 4. The molecule has 6 heterocycles. The van der Waals surface area contributed by atoms with Gasteiger partial charge in [-0.1, -0.05) is 18.1 Å². The molecule has 45 heavy (non-hydrogen) atoms. The molecule has 0 radical (unpaired) electrons. The third-order valence-electron chi connectivity index (χ3n) is 9.72. The summed E-state index contributed by atoms with van der Waals surface area (Å²) in [5.74, 6) is 4.29. The van der Waals surface area contributed by atoms with Crippen molar-refractivity contribution in [3.05, 3.63) is 52.0 Å². The Morgan fingerprint density at radius 1 is 1.22 bits per heavy atom. The molecule has 8 nitrogen and oxygen atoms in total. The van der Waals surface area contributed by atoms with Gasteiger partial charge in [0.15, 0.2) is 5.82 Å². The molecule has 0 saturated carbocycles. The van der Waals surface area contributed by atoms with Crippen molar-refractivity contribution in [1.82, 2.24) is 20.2 Å². The van der Waals surface area contributed by atoms with Crippen molar-refractivity contribution < 1.29 is 31.4 Å². The van der Waals surface area contributed by atoms with Crippen LogP contribution in [0, 0.1) is 17.7 Å². The maximum absolute atomic E-state index is 15.5. The van der Waals surface area contributed by atoms with Crippen LogP contribution in [0.25, 0.3) is 0 Å². The first-order valence-electron chi connectivity index (χ1n) is 15.3. The summed E-state index contributed by atoms with van der Waals surface area (Å²) in [7, 11) is 0. The molecule has 0 aliphatic carbocycles. The Bertz CT molecular complexity index is 1590. The van der Waals surface area contributed by atoms with Gasteiger partial charge >= 0.3 is 12.2 Å². The second-order valence-corrected chi connectivity index (χ2v) is 12.9. The third-order valence-corrected chi connectivity index (χ3v) is 9.72. The summed E-state index contributed by atoms with van der Waals surface area (Å²) in [5.41, 5.74) is 4.58. The topological polar surface area (TPSA) is 88.8 Å². The van der Waals surface area contributed by atoms with Crippen LogP contribution in [0.1, 0.15) is 66.7 Å². The minimum Gasteiger partial charge on any atom is -0.461 e. The first kappa shape index (κ1) is 30.2. The van der Waals surface area contributed by atoms with Crippen LogP contribution in [0.5, 0.6) is 6.01 Å². The lowest BCUT2D eigenvalue weighted by molar-refractivity contribution is -0.140. The van der Waals surface area contributed by atoms with Crippen LogP contribution >= 0.6 is 0 Å². The van der Waals surface area contributed by atoms with Crippen molar-refractivity contribution >= 4 is 11.5 Å². The van der Waals surface area contributed by atoms with E-state index in [1.54, 1.807) is 0 Å². The van der Waals surface area contributed by atoms with Gasteiger partial charge in [0.05, 0.1) is 35.2 Å². The van der Waals surface area contributed by atoms with Gasteiger partial charge in [-0.05, 0) is 32.3 Å². The van der Waals surface area contributed by atoms with Gasteiger partial charge in [0, 0.05) is 67.8 Å². The van der Waals surface area contributed by atoms with E-state index in [0.717, 1.165) is 24.5 Å². The summed E-state index contributed by atoms with van der Waals surface area (Å²) in [5, 5.41) is 3.59. The number of fused-ring (bicyclic) bond motifs is 4. The number of anilines is 2. The number of alkyl halides is 4. The highest BCUT2D eigenvalue weighted by Gasteiger charge is 2.51. The van der Waals surface area contributed by atoms with Crippen molar-refractivity contribution in [2.45, 2.75) is 81.7 Å². The number of hydrogen-bond donors (Lipinski definition) is 2. The zero-order chi connectivity index (χ0) is 31.7. The summed E-state index contributed by atoms with van der Waals surface area (Å²) < 4.78 is 85.5. The van der Waals surface area contributed by atoms with Gasteiger partial charge in [0.1, 0.15) is 18.6 Å². The van der Waals surface area contributed by atoms with Crippen LogP contribution in [0.4, 0.5) is 33.5 Å². The summed E-state index contributed by atoms with van der Waals surface area (Å²) in [6.45, 7) is 7.78. The molecule has 0 amide bonds. The van der Waals surface area contributed by atoms with Gasteiger partial charge in [-0.15, -0.1) is 5.92 Å². The molecule has 5 aliphatic heterocycles. The Morgan fingerprint density at radius 2 is 1.98 bits per heavy atom. The molecule has 3 unspecified atom stereocenters. The highest BCUT2D eigenvalue weighted by molar-refractivity contribution is 5.59. The molecule has 5 aliphatic rings. The maximum Gasteiger partial charge on any atom is 0.418 e. The molecule has 3 N–H and O–H groups in total. The van der Waals surface area contributed by atoms with Crippen molar-refractivity contribution in [3.63, 3.8) is 0 Å². The third kappa shape index (κ3) is 5.40. The standard InChI is InChI=1S/C32H35F5N6O2/c1-3-4-18-7-23(38)28(34)26(27(18)32(35,36)37)25-8-24-22(15-44-25)29(42-13-20-5-6-21(14-42)39-20)41-30(40-24)45-16-31-9-17(2)11-43(31)12-19(33)10-31/h7,19-21,25,39H,2,5-6,8-16,38H2,1H3/t19-,20?,21?,25?,31-/m1/s1. The first-order chi connectivity index (χ1) is 21.4. The zero-order valence-electron chi connectivity index (χ0n) is 24.9. The van der Waals surface area contributed by atoms with Gasteiger partial charge in [-0.3, -0.25) is 4.90 Å². The lowest BCUT2D eigenvalue weighted by atomic mass is 9.90. The quantitative estimate of drug-likeness (QED) is 0.217. The normalized spacial score (nSPS) is 29.4. The number of piperazine rings is 1. The fourth-order valence-electron chi connectivity index (χ4n) is 7.90. The summed E-state index contributed by atoms with van der Waals surface area (Å²) in [4.78, 5) is 13.6. The summed E-state index contributed by atoms with van der Waals surface area (Å²) in [6.07, 6.45) is -4.43. The Hall–Kier alpha value is -3.47. The maximum atomic E-state index is 15.5. The van der Waals surface area contributed by atoms with E-state index in [-0.39, 0.29) is 37.7 Å². The van der Waals surface area contributed by atoms with Crippen LogP contribution in [0.3, 0.4) is 0 Å². The molecule has 1 aromatic carbocycles. The molecule has 13 heteroatoms. The van der Waals surface area contributed by atoms with Crippen molar-refractivity contribution in [2.24, 2.45) is 0 Å². The Balaban J connectivity index is 1.27. The van der Waals surface area contributed by atoms with Gasteiger partial charge < -0.3 is 25.4 Å². The number of nitrogens with two attached hydrogens (primary N) is 1. The zero-order valence-corrected chi connectivity index (χ0v) is 24.9. The Morgan fingerprint density at radius 3 is 2.69 bits per heavy atom. The predicted molar refractivity (Wildman–Crippen MR) is 157 cm³/mol. The minimum absolute atomic E-state index is 0.0473. The molecule has 4 saturated heterocycles. The van der Waals surface area contributed by atoms with Crippen LogP contribution in [0.15, 0.2) is 18.2 Å². The van der Waals surface area contributed by atoms with Gasteiger partial charge in [-0.2, -0.15) is 23.1 Å². The molecule has 0 spiro atoms. The van der Waals surface area contributed by atoms with Crippen molar-refractivity contribution in [2.75, 3.05) is 43.4 Å². The highest BCUT2D eigenvalue weighted by atomic mass is 19.4. The van der Waals surface area contributed by atoms with Gasteiger partial charge in [0.2, 0.25) is 0 Å². The smallest absolute Gasteiger partial charge is 0.418 e. The van der Waals surface area contributed by atoms with E-state index in [2.05, 4.69) is 38.5 Å². The number of hydrogen-bond acceptors (Lipinski definition) is 8. The lowest BCUT2D eigenvalue weighted by Gasteiger charge is -2.37. The number of halogens is 5. The predicted octanol–water partition coefficient (Wildman–Crippen LogP) is 4.46. The van der Waals surface area contributed by atoms with Crippen LogP contribution in [0.2, 0.25) is 0 Å². The van der Waals surface area contributed by atoms with E-state index in [1.165, 1.54) is 6.92 Å². The van der Waals surface area contributed by atoms with Crippen LogP contribution in [-0.2, 0) is 23.9 Å². The SMILES string of the molecule is C=C1CN2C[C@H](F)C[C@@]2(COc2nc3c(c(N4CC5CCC(C4)N5)n2)COC(c2c(F)c(N)cc(C#CC)c2C(F)(F)F)C3)C1. The Kier molecular flexibility index (Phi) is 7.45. The van der Waals surface area contributed by atoms with Crippen LogP contribution in [-0.4, -0.2) is 71.4 Å². The lowest BCUT2D eigenvalue weighted by Crippen LogP contribution is -2.52. The molecule has 2 aromatic rings. The summed E-state index contributed by atoms with van der Waals surface area (Å²) >= 11 is 0. The van der Waals surface area contributed by atoms with E-state index in [1.807, 2.05) is 0 Å². The summed E-state index contributed by atoms with van der Waals surface area (Å²) in [6, 6.07) is 1.51. The average Bonchev–Trinajstić information content (AvgIpc) is 3.58. The molecular weight excluding hydrogens is 595 g/mol. The molecule has 4 fully saturated rings. The number of benzene rings is 1. The molecule has 5 atom stereocenters. The van der Waals surface area contributed by atoms with E-state index in [9.17, 15) is 17.6 Å². The molecular formula is C32H35F5N6O2. The fraction of sp³-hybridized carbons (Fsp3) is 0.562. The van der Waals surface area contributed by atoms with E-state index in [0.29, 0.717) is 56.1 Å². The molecule has 240 valence electrons. The molecule has 7 rings (SSSR count). The number of nitrogens with one attached hydrogen (secondary N) is 1. The molecule has 1 aromatic heterocycles. The average molecular weight is 631 g/mol. The number of aromatic nitrogens is 2. The van der Waals surface area contributed by atoms with E-state index >= 15 is 4.39 Å². The second kappa shape index (κ2) is 11.1. The van der Waals surface area contributed by atoms with Crippen molar-refractivity contribution in [1.29, 1.82) is 0 Å². The number of rotatable bonds is 5. The first-order valence-corrected chi connectivity index (χ1v) is 15.3. The number of ether oxygens (including phenoxy) is 2.